The molecule has 1 unspecified atom stereocenters. The van der Waals surface area contributed by atoms with Crippen molar-refractivity contribution in [1.29, 1.82) is 0 Å². The fourth-order valence-electron chi connectivity index (χ4n) is 1.54. The van der Waals surface area contributed by atoms with Gasteiger partial charge in [-0.3, -0.25) is 0 Å². The summed E-state index contributed by atoms with van der Waals surface area (Å²) in [6.07, 6.45) is 3.36. The van der Waals surface area contributed by atoms with Gasteiger partial charge in [-0.05, 0) is 13.3 Å². The zero-order chi connectivity index (χ0) is 14.5. The molecule has 1 aromatic rings. The Morgan fingerprint density at radius 3 is 2.74 bits per heavy atom. The number of anilines is 2. The van der Waals surface area contributed by atoms with Gasteiger partial charge in [0.1, 0.15) is 21.9 Å². The van der Waals surface area contributed by atoms with Gasteiger partial charge in [0, 0.05) is 12.3 Å². The van der Waals surface area contributed by atoms with Crippen LogP contribution in [0.2, 0.25) is 0 Å². The third-order valence-electron chi connectivity index (χ3n) is 2.23. The number of sulfone groups is 1. The van der Waals surface area contributed by atoms with E-state index >= 15 is 0 Å². The van der Waals surface area contributed by atoms with Crippen LogP contribution in [0.4, 0.5) is 11.5 Å². The van der Waals surface area contributed by atoms with Gasteiger partial charge in [-0.15, -0.1) is 0 Å². The Hall–Kier alpha value is -1.57. The van der Waals surface area contributed by atoms with Crippen molar-refractivity contribution in [3.63, 3.8) is 0 Å². The lowest BCUT2D eigenvalue weighted by atomic mass is 10.3. The summed E-state index contributed by atoms with van der Waals surface area (Å²) in [4.78, 5) is 7.94. The van der Waals surface area contributed by atoms with Crippen LogP contribution in [0, 0.1) is 0 Å². The van der Waals surface area contributed by atoms with Crippen LogP contribution in [-0.4, -0.2) is 43.0 Å². The second-order valence-corrected chi connectivity index (χ2v) is 6.61. The smallest absolute Gasteiger partial charge is 0.242 e. The van der Waals surface area contributed by atoms with E-state index in [9.17, 15) is 8.42 Å². The van der Waals surface area contributed by atoms with Gasteiger partial charge in [-0.1, -0.05) is 6.92 Å². The molecule has 0 bridgehead atoms. The third-order valence-corrected chi connectivity index (χ3v) is 3.33. The standard InChI is InChI=1S/C11H20N4O3S/c1-4-5-18-11-9(12)10(13-7-14-11)15-8(2)6-19(3,16)17/h7-8H,4-6,12H2,1-3H3,(H,13,14,15). The van der Waals surface area contributed by atoms with E-state index in [0.29, 0.717) is 18.3 Å². The SMILES string of the molecule is CCCOc1ncnc(NC(C)CS(C)(=O)=O)c1N. The molecule has 0 aliphatic heterocycles. The average molecular weight is 288 g/mol. The van der Waals surface area contributed by atoms with Crippen molar-refractivity contribution in [3.05, 3.63) is 6.33 Å². The topological polar surface area (TPSA) is 107 Å². The number of ether oxygens (including phenoxy) is 1. The number of nitrogens with zero attached hydrogens (tertiary/aromatic N) is 2. The Kier molecular flexibility index (Phi) is 5.34. The molecular formula is C11H20N4O3S. The Balaban J connectivity index is 2.78. The average Bonchev–Trinajstić information content (AvgIpc) is 2.28. The number of nitrogen functional groups attached to an aromatic ring is 1. The fraction of sp³-hybridized carbons (Fsp3) is 0.636. The third kappa shape index (κ3) is 5.29. The molecule has 0 saturated heterocycles. The van der Waals surface area contributed by atoms with Gasteiger partial charge in [0.25, 0.3) is 0 Å². The van der Waals surface area contributed by atoms with E-state index in [0.717, 1.165) is 6.42 Å². The normalized spacial score (nSPS) is 13.0. The molecule has 0 radical (unpaired) electrons. The minimum Gasteiger partial charge on any atom is -0.476 e. The molecule has 0 amide bonds. The van der Waals surface area contributed by atoms with Crippen molar-refractivity contribution >= 4 is 21.3 Å². The van der Waals surface area contributed by atoms with E-state index in [-0.39, 0.29) is 17.5 Å². The molecule has 0 saturated carbocycles. The van der Waals surface area contributed by atoms with Crippen molar-refractivity contribution in [2.75, 3.05) is 29.7 Å². The summed E-state index contributed by atoms with van der Waals surface area (Å²) in [7, 11) is -3.06. The molecule has 7 nitrogen and oxygen atoms in total. The maximum absolute atomic E-state index is 11.2. The maximum atomic E-state index is 11.2. The van der Waals surface area contributed by atoms with Crippen molar-refractivity contribution in [3.8, 4) is 5.88 Å². The molecule has 19 heavy (non-hydrogen) atoms. The number of nitrogens with one attached hydrogen (secondary N) is 1. The van der Waals surface area contributed by atoms with Gasteiger partial charge in [-0.2, -0.15) is 4.98 Å². The van der Waals surface area contributed by atoms with E-state index in [1.807, 2.05) is 6.92 Å². The molecule has 1 aromatic heterocycles. The highest BCUT2D eigenvalue weighted by molar-refractivity contribution is 7.90. The van der Waals surface area contributed by atoms with Crippen LogP contribution in [0.5, 0.6) is 5.88 Å². The van der Waals surface area contributed by atoms with Crippen LogP contribution in [0.1, 0.15) is 20.3 Å². The maximum Gasteiger partial charge on any atom is 0.242 e. The molecular weight excluding hydrogens is 268 g/mol. The number of nitrogens with two attached hydrogens (primary N) is 1. The van der Waals surface area contributed by atoms with Gasteiger partial charge < -0.3 is 15.8 Å². The summed E-state index contributed by atoms with van der Waals surface area (Å²) in [5.41, 5.74) is 6.16. The van der Waals surface area contributed by atoms with Gasteiger partial charge in [0.2, 0.25) is 5.88 Å². The lowest BCUT2D eigenvalue weighted by molar-refractivity contribution is 0.306. The number of hydrogen-bond donors (Lipinski definition) is 2. The van der Waals surface area contributed by atoms with Gasteiger partial charge in [0.15, 0.2) is 5.82 Å². The predicted octanol–water partition coefficient (Wildman–Crippen LogP) is 0.693. The van der Waals surface area contributed by atoms with Crippen LogP contribution in [0.3, 0.4) is 0 Å². The van der Waals surface area contributed by atoms with Gasteiger partial charge >= 0.3 is 0 Å². The summed E-state index contributed by atoms with van der Waals surface area (Å²) in [6.45, 7) is 4.24. The van der Waals surface area contributed by atoms with E-state index in [1.54, 1.807) is 6.92 Å². The molecule has 1 rings (SSSR count). The predicted molar refractivity (Wildman–Crippen MR) is 75.0 cm³/mol. The van der Waals surface area contributed by atoms with Crippen molar-refractivity contribution in [2.45, 2.75) is 26.3 Å². The fourth-order valence-corrected chi connectivity index (χ4v) is 2.53. The molecule has 0 aliphatic rings. The first kappa shape index (κ1) is 15.5. The first-order valence-corrected chi connectivity index (χ1v) is 8.07. The quantitative estimate of drug-likeness (QED) is 0.760. The molecule has 1 atom stereocenters. The highest BCUT2D eigenvalue weighted by Crippen LogP contribution is 2.25. The zero-order valence-electron chi connectivity index (χ0n) is 11.4. The molecule has 1 heterocycles. The first-order valence-electron chi connectivity index (χ1n) is 6.01. The summed E-state index contributed by atoms with van der Waals surface area (Å²) < 4.78 is 27.8. The van der Waals surface area contributed by atoms with Crippen LogP contribution in [0.15, 0.2) is 6.33 Å². The second kappa shape index (κ2) is 6.55. The zero-order valence-corrected chi connectivity index (χ0v) is 12.2. The molecule has 8 heteroatoms. The van der Waals surface area contributed by atoms with Crippen molar-refractivity contribution in [1.82, 2.24) is 9.97 Å². The minimum atomic E-state index is -3.06. The summed E-state index contributed by atoms with van der Waals surface area (Å²) in [5.74, 6) is 0.699. The monoisotopic (exact) mass is 288 g/mol. The van der Waals surface area contributed by atoms with E-state index in [4.69, 9.17) is 10.5 Å². The largest absolute Gasteiger partial charge is 0.476 e. The Morgan fingerprint density at radius 2 is 2.16 bits per heavy atom. The molecule has 0 spiro atoms. The van der Waals surface area contributed by atoms with E-state index < -0.39 is 9.84 Å². The van der Waals surface area contributed by atoms with Crippen LogP contribution in [-0.2, 0) is 9.84 Å². The Morgan fingerprint density at radius 1 is 1.47 bits per heavy atom. The minimum absolute atomic E-state index is 0.00158. The second-order valence-electron chi connectivity index (χ2n) is 4.43. The van der Waals surface area contributed by atoms with Crippen molar-refractivity contribution in [2.24, 2.45) is 0 Å². The van der Waals surface area contributed by atoms with E-state index in [1.165, 1.54) is 12.6 Å². The van der Waals surface area contributed by atoms with Crippen molar-refractivity contribution < 1.29 is 13.2 Å². The lowest BCUT2D eigenvalue weighted by Gasteiger charge is -2.16. The lowest BCUT2D eigenvalue weighted by Crippen LogP contribution is -2.26. The number of rotatable bonds is 7. The van der Waals surface area contributed by atoms with Crippen LogP contribution >= 0.6 is 0 Å². The number of aromatic nitrogens is 2. The molecule has 3 N–H and O–H groups in total. The van der Waals surface area contributed by atoms with Crippen LogP contribution in [0.25, 0.3) is 0 Å². The van der Waals surface area contributed by atoms with E-state index in [2.05, 4.69) is 15.3 Å². The highest BCUT2D eigenvalue weighted by atomic mass is 32.2. The summed E-state index contributed by atoms with van der Waals surface area (Å²) in [6, 6.07) is -0.300. The molecule has 0 aliphatic carbocycles. The van der Waals surface area contributed by atoms with Gasteiger partial charge in [-0.25, -0.2) is 13.4 Å². The Bertz CT molecular complexity index is 519. The molecule has 0 aromatic carbocycles. The van der Waals surface area contributed by atoms with Gasteiger partial charge in [0.05, 0.1) is 12.4 Å². The summed E-state index contributed by atoms with van der Waals surface area (Å²) >= 11 is 0. The van der Waals surface area contributed by atoms with Crippen LogP contribution < -0.4 is 15.8 Å². The number of hydrogen-bond acceptors (Lipinski definition) is 7. The summed E-state index contributed by atoms with van der Waals surface area (Å²) in [5, 5.41) is 2.95. The first-order chi connectivity index (χ1) is 8.83. The highest BCUT2D eigenvalue weighted by Gasteiger charge is 2.14. The Labute approximate surface area is 113 Å². The molecule has 108 valence electrons. The molecule has 0 fully saturated rings.